The van der Waals surface area contributed by atoms with Gasteiger partial charge < -0.3 is 11.1 Å². The summed E-state index contributed by atoms with van der Waals surface area (Å²) in [6.45, 7) is 0. The Morgan fingerprint density at radius 3 is 1.97 bits per heavy atom. The fourth-order valence-corrected chi connectivity index (χ4v) is 4.04. The van der Waals surface area contributed by atoms with Crippen molar-refractivity contribution in [3.8, 4) is 0 Å². The van der Waals surface area contributed by atoms with Gasteiger partial charge in [-0.05, 0) is 18.2 Å². The van der Waals surface area contributed by atoms with Gasteiger partial charge in [-0.2, -0.15) is 8.42 Å². The second kappa shape index (κ2) is 6.90. The minimum absolute atomic E-state index is 0.0505. The van der Waals surface area contributed by atoms with Gasteiger partial charge in [0.25, 0.3) is 16.0 Å². The monoisotopic (exact) mass is 422 g/mol. The third kappa shape index (κ3) is 3.06. The molecular weight excluding hydrogens is 408 g/mol. The number of nitrogens with one attached hydrogen (secondary N) is 1. The summed E-state index contributed by atoms with van der Waals surface area (Å²) in [5.74, 6) is -1.92. The Kier molecular flexibility index (Phi) is 4.49. The van der Waals surface area contributed by atoms with Crippen LogP contribution in [-0.2, 0) is 10.1 Å². The molecule has 1 aliphatic rings. The molecule has 8 nitrogen and oxygen atoms in total. The van der Waals surface area contributed by atoms with Crippen LogP contribution < -0.4 is 11.1 Å². The second-order valence-electron chi connectivity index (χ2n) is 6.58. The Labute approximate surface area is 171 Å². The minimum Gasteiger partial charge on any atom is -0.397 e. The summed E-state index contributed by atoms with van der Waals surface area (Å²) in [5, 5.41) is 2.46. The Morgan fingerprint density at radius 1 is 0.867 bits per heavy atom. The molecule has 0 heterocycles. The number of nitrogen functional groups attached to an aromatic ring is 1. The Hall–Kier alpha value is -3.82. The quantitative estimate of drug-likeness (QED) is 0.340. The second-order valence-corrected chi connectivity index (χ2v) is 7.97. The Morgan fingerprint density at radius 2 is 1.40 bits per heavy atom. The lowest BCUT2D eigenvalue weighted by molar-refractivity contribution is 0.0979. The number of anilines is 2. The topological polar surface area (TPSA) is 144 Å². The van der Waals surface area contributed by atoms with Crippen LogP contribution in [-0.4, -0.2) is 30.4 Å². The number of carbonyl (C=O) groups is 3. The first-order valence-corrected chi connectivity index (χ1v) is 10.1. The van der Waals surface area contributed by atoms with Gasteiger partial charge >= 0.3 is 0 Å². The summed E-state index contributed by atoms with van der Waals surface area (Å²) in [6, 6.07) is 14.9. The smallest absolute Gasteiger partial charge is 0.296 e. The fraction of sp³-hybridized carbons (Fsp3) is 0. The normalized spacial score (nSPS) is 12.8. The average molecular weight is 422 g/mol. The molecule has 0 radical (unpaired) electrons. The Balaban J connectivity index is 1.98. The van der Waals surface area contributed by atoms with Crippen molar-refractivity contribution >= 4 is 39.0 Å². The molecule has 150 valence electrons. The molecule has 4 rings (SSSR count). The number of hydrogen-bond donors (Lipinski definition) is 3. The van der Waals surface area contributed by atoms with Gasteiger partial charge in [0.05, 0.1) is 22.5 Å². The van der Waals surface area contributed by atoms with E-state index >= 15 is 0 Å². The molecule has 0 aromatic heterocycles. The Bertz CT molecular complexity index is 1350. The summed E-state index contributed by atoms with van der Waals surface area (Å²) in [5.41, 5.74) is 4.87. The highest BCUT2D eigenvalue weighted by Gasteiger charge is 2.36. The molecule has 0 saturated heterocycles. The molecule has 4 N–H and O–H groups in total. The van der Waals surface area contributed by atoms with Crippen molar-refractivity contribution in [1.29, 1.82) is 0 Å². The third-order valence-electron chi connectivity index (χ3n) is 4.76. The van der Waals surface area contributed by atoms with Gasteiger partial charge in [-0.3, -0.25) is 18.9 Å². The first kappa shape index (κ1) is 19.5. The van der Waals surface area contributed by atoms with Gasteiger partial charge in [0.15, 0.2) is 11.6 Å². The number of fused-ring (bicyclic) bond motifs is 2. The number of hydrogen-bond acceptors (Lipinski definition) is 6. The van der Waals surface area contributed by atoms with Crippen molar-refractivity contribution < 1.29 is 27.4 Å². The molecule has 3 aromatic carbocycles. The molecule has 1 aliphatic carbocycles. The predicted octanol–water partition coefficient (Wildman–Crippen LogP) is 2.54. The van der Waals surface area contributed by atoms with Crippen LogP contribution in [0.3, 0.4) is 0 Å². The lowest BCUT2D eigenvalue weighted by atomic mass is 9.82. The molecule has 1 amide bonds. The first-order chi connectivity index (χ1) is 14.2. The first-order valence-electron chi connectivity index (χ1n) is 8.69. The number of amides is 1. The summed E-state index contributed by atoms with van der Waals surface area (Å²) < 4.78 is 33.3. The van der Waals surface area contributed by atoms with E-state index < -0.39 is 38.2 Å². The molecule has 0 bridgehead atoms. The van der Waals surface area contributed by atoms with Gasteiger partial charge in [-0.25, -0.2) is 0 Å². The maximum atomic E-state index is 13.1. The van der Waals surface area contributed by atoms with Crippen LogP contribution in [0.5, 0.6) is 0 Å². The zero-order chi connectivity index (χ0) is 21.6. The van der Waals surface area contributed by atoms with E-state index in [1.807, 2.05) is 0 Å². The predicted molar refractivity (Wildman–Crippen MR) is 108 cm³/mol. The molecule has 0 saturated carbocycles. The van der Waals surface area contributed by atoms with Gasteiger partial charge in [0.1, 0.15) is 4.90 Å². The standard InChI is InChI=1S/C21H14N2O6S/c22-18-15(30(27,28)29)10-14(23-21(26)11-6-2-1-3-7-11)16-17(18)20(25)13-9-5-4-8-12(13)19(16)24/h1-10H,22H2,(H,23,26)(H,27,28,29). The van der Waals surface area contributed by atoms with Gasteiger partial charge in [-0.1, -0.05) is 42.5 Å². The van der Waals surface area contributed by atoms with E-state index in [0.717, 1.165) is 6.07 Å². The van der Waals surface area contributed by atoms with E-state index in [0.29, 0.717) is 0 Å². The third-order valence-corrected chi connectivity index (χ3v) is 5.66. The highest BCUT2D eigenvalue weighted by Crippen LogP contribution is 2.39. The maximum absolute atomic E-state index is 13.1. The van der Waals surface area contributed by atoms with Crippen LogP contribution in [0.1, 0.15) is 42.2 Å². The molecular formula is C21H14N2O6S. The largest absolute Gasteiger partial charge is 0.397 e. The van der Waals surface area contributed by atoms with Crippen molar-refractivity contribution in [3.05, 3.63) is 88.5 Å². The van der Waals surface area contributed by atoms with E-state index in [2.05, 4.69) is 5.32 Å². The molecule has 0 atom stereocenters. The van der Waals surface area contributed by atoms with Crippen LogP contribution in [0.25, 0.3) is 0 Å². The molecule has 0 spiro atoms. The zero-order valence-electron chi connectivity index (χ0n) is 15.2. The summed E-state index contributed by atoms with van der Waals surface area (Å²) in [7, 11) is -4.85. The highest BCUT2D eigenvalue weighted by molar-refractivity contribution is 7.86. The van der Waals surface area contributed by atoms with Crippen molar-refractivity contribution in [2.75, 3.05) is 11.1 Å². The average Bonchev–Trinajstić information content (AvgIpc) is 2.72. The molecule has 3 aromatic rings. The summed E-state index contributed by atoms with van der Waals surface area (Å²) in [4.78, 5) is 38.0. The van der Waals surface area contributed by atoms with E-state index in [1.54, 1.807) is 30.3 Å². The van der Waals surface area contributed by atoms with Crippen LogP contribution in [0.15, 0.2) is 65.6 Å². The summed E-state index contributed by atoms with van der Waals surface area (Å²) in [6.07, 6.45) is 0. The van der Waals surface area contributed by atoms with Crippen LogP contribution in [0.2, 0.25) is 0 Å². The highest BCUT2D eigenvalue weighted by atomic mass is 32.2. The van der Waals surface area contributed by atoms with Gasteiger partial charge in [0, 0.05) is 16.7 Å². The van der Waals surface area contributed by atoms with E-state index in [1.165, 1.54) is 24.3 Å². The zero-order valence-corrected chi connectivity index (χ0v) is 16.1. The van der Waals surface area contributed by atoms with Gasteiger partial charge in [0.2, 0.25) is 0 Å². The summed E-state index contributed by atoms with van der Waals surface area (Å²) >= 11 is 0. The molecule has 0 unspecified atom stereocenters. The van der Waals surface area contributed by atoms with Crippen molar-refractivity contribution in [2.45, 2.75) is 4.90 Å². The molecule has 0 fully saturated rings. The van der Waals surface area contributed by atoms with Crippen LogP contribution in [0.4, 0.5) is 11.4 Å². The fourth-order valence-electron chi connectivity index (χ4n) is 3.39. The minimum atomic E-state index is -4.85. The van der Waals surface area contributed by atoms with Crippen LogP contribution in [0, 0.1) is 0 Å². The van der Waals surface area contributed by atoms with Crippen molar-refractivity contribution in [3.63, 3.8) is 0 Å². The number of ketones is 2. The molecule has 0 aliphatic heterocycles. The lowest BCUT2D eigenvalue weighted by Gasteiger charge is -2.23. The van der Waals surface area contributed by atoms with Gasteiger partial charge in [-0.15, -0.1) is 0 Å². The van der Waals surface area contributed by atoms with Crippen LogP contribution >= 0.6 is 0 Å². The molecule has 30 heavy (non-hydrogen) atoms. The van der Waals surface area contributed by atoms with E-state index in [4.69, 9.17) is 5.73 Å². The van der Waals surface area contributed by atoms with Crippen molar-refractivity contribution in [1.82, 2.24) is 0 Å². The number of benzene rings is 3. The maximum Gasteiger partial charge on any atom is 0.296 e. The SMILES string of the molecule is Nc1c(S(=O)(=O)O)cc(NC(=O)c2ccccc2)c2c1C(=O)c1ccccc1C2=O. The van der Waals surface area contributed by atoms with E-state index in [-0.39, 0.29) is 33.5 Å². The van der Waals surface area contributed by atoms with E-state index in [9.17, 15) is 27.4 Å². The lowest BCUT2D eigenvalue weighted by Crippen LogP contribution is -2.26. The van der Waals surface area contributed by atoms with Crippen molar-refractivity contribution in [2.24, 2.45) is 0 Å². The number of carbonyl (C=O) groups excluding carboxylic acids is 3. The number of nitrogens with two attached hydrogens (primary N) is 1. The number of rotatable bonds is 3. The molecule has 9 heteroatoms.